The first-order chi connectivity index (χ1) is 10.6. The summed E-state index contributed by atoms with van der Waals surface area (Å²) in [7, 11) is 3.49. The Morgan fingerprint density at radius 3 is 2.05 bits per heavy atom. The van der Waals surface area contributed by atoms with Crippen molar-refractivity contribution >= 4 is 5.91 Å². The van der Waals surface area contributed by atoms with E-state index in [9.17, 15) is 4.79 Å². The molecule has 0 saturated heterocycles. The number of rotatable bonds is 6. The molecule has 0 atom stereocenters. The number of amides is 1. The van der Waals surface area contributed by atoms with Crippen LogP contribution in [0.3, 0.4) is 0 Å². The number of aryl methyl sites for hydroxylation is 1. The fourth-order valence-corrected chi connectivity index (χ4v) is 2.30. The number of benzene rings is 2. The molecule has 0 fully saturated rings. The van der Waals surface area contributed by atoms with E-state index in [1.807, 2.05) is 43.4 Å². The number of carbonyl (C=O) groups excluding carboxylic acids is 1. The van der Waals surface area contributed by atoms with E-state index in [-0.39, 0.29) is 5.91 Å². The van der Waals surface area contributed by atoms with Crippen molar-refractivity contribution in [3.63, 3.8) is 0 Å². The lowest BCUT2D eigenvalue weighted by atomic mass is 10.1. The Morgan fingerprint density at radius 1 is 0.955 bits per heavy atom. The Hall–Kier alpha value is -2.29. The van der Waals surface area contributed by atoms with Gasteiger partial charge in [0.05, 0.1) is 13.5 Å². The molecule has 0 radical (unpaired) electrons. The van der Waals surface area contributed by atoms with Gasteiger partial charge in [0.15, 0.2) is 0 Å². The van der Waals surface area contributed by atoms with Gasteiger partial charge in [-0.1, -0.05) is 43.3 Å². The quantitative estimate of drug-likeness (QED) is 0.817. The minimum absolute atomic E-state index is 0.125. The van der Waals surface area contributed by atoms with Crippen LogP contribution >= 0.6 is 0 Å². The fourth-order valence-electron chi connectivity index (χ4n) is 2.30. The number of methoxy groups -OCH3 is 1. The molecule has 0 unspecified atom stereocenters. The van der Waals surface area contributed by atoms with Gasteiger partial charge in [-0.25, -0.2) is 0 Å². The zero-order valence-electron chi connectivity index (χ0n) is 13.5. The lowest BCUT2D eigenvalue weighted by molar-refractivity contribution is -0.129. The SMILES string of the molecule is CCc1ccc(CC(=O)N(C)Cc2ccc(OC)cc2)cc1. The number of ether oxygens (including phenoxy) is 1. The van der Waals surface area contributed by atoms with Gasteiger partial charge in [-0.2, -0.15) is 0 Å². The summed E-state index contributed by atoms with van der Waals surface area (Å²) in [5.74, 6) is 0.953. The van der Waals surface area contributed by atoms with Gasteiger partial charge >= 0.3 is 0 Å². The van der Waals surface area contributed by atoms with Crippen molar-refractivity contribution in [1.82, 2.24) is 4.90 Å². The van der Waals surface area contributed by atoms with Crippen molar-refractivity contribution in [2.45, 2.75) is 26.3 Å². The van der Waals surface area contributed by atoms with E-state index in [1.165, 1.54) is 5.56 Å². The molecule has 22 heavy (non-hydrogen) atoms. The molecular weight excluding hydrogens is 274 g/mol. The molecule has 0 aromatic heterocycles. The first-order valence-electron chi connectivity index (χ1n) is 7.57. The van der Waals surface area contributed by atoms with Gasteiger partial charge in [0.25, 0.3) is 0 Å². The topological polar surface area (TPSA) is 29.5 Å². The second-order valence-electron chi connectivity index (χ2n) is 5.44. The molecule has 1 amide bonds. The molecule has 116 valence electrons. The highest BCUT2D eigenvalue weighted by atomic mass is 16.5. The molecule has 0 spiro atoms. The number of hydrogen-bond donors (Lipinski definition) is 0. The van der Waals surface area contributed by atoms with Gasteiger partial charge in [0.2, 0.25) is 5.91 Å². The van der Waals surface area contributed by atoms with Gasteiger partial charge in [-0.3, -0.25) is 4.79 Å². The van der Waals surface area contributed by atoms with E-state index in [4.69, 9.17) is 4.74 Å². The van der Waals surface area contributed by atoms with Crippen molar-refractivity contribution in [2.75, 3.05) is 14.2 Å². The highest BCUT2D eigenvalue weighted by Gasteiger charge is 2.10. The zero-order chi connectivity index (χ0) is 15.9. The van der Waals surface area contributed by atoms with Crippen LogP contribution in [0.1, 0.15) is 23.6 Å². The first-order valence-corrected chi connectivity index (χ1v) is 7.57. The van der Waals surface area contributed by atoms with Crippen LogP contribution in [-0.2, 0) is 24.2 Å². The predicted molar refractivity (Wildman–Crippen MR) is 89.0 cm³/mol. The molecule has 0 N–H and O–H groups in total. The van der Waals surface area contributed by atoms with Crippen LogP contribution in [0, 0.1) is 0 Å². The second kappa shape index (κ2) is 7.64. The zero-order valence-corrected chi connectivity index (χ0v) is 13.5. The van der Waals surface area contributed by atoms with Gasteiger partial charge in [0.1, 0.15) is 5.75 Å². The summed E-state index contributed by atoms with van der Waals surface area (Å²) in [5, 5.41) is 0. The van der Waals surface area contributed by atoms with Crippen molar-refractivity contribution < 1.29 is 9.53 Å². The molecule has 2 aromatic carbocycles. The highest BCUT2D eigenvalue weighted by molar-refractivity contribution is 5.78. The predicted octanol–water partition coefficient (Wildman–Crippen LogP) is 3.46. The average molecular weight is 297 g/mol. The standard InChI is InChI=1S/C19H23NO2/c1-4-15-5-7-16(8-6-15)13-19(21)20(2)14-17-9-11-18(22-3)12-10-17/h5-12H,4,13-14H2,1-3H3. The van der Waals surface area contributed by atoms with E-state index < -0.39 is 0 Å². The summed E-state index contributed by atoms with van der Waals surface area (Å²) in [6.07, 6.45) is 1.46. The van der Waals surface area contributed by atoms with Gasteiger partial charge in [-0.05, 0) is 35.2 Å². The molecule has 0 aliphatic carbocycles. The lowest BCUT2D eigenvalue weighted by Crippen LogP contribution is -2.27. The van der Waals surface area contributed by atoms with Crippen molar-refractivity contribution in [3.8, 4) is 5.75 Å². The van der Waals surface area contributed by atoms with Gasteiger partial charge in [-0.15, -0.1) is 0 Å². The molecular formula is C19H23NO2. The summed E-state index contributed by atoms with van der Waals surface area (Å²) in [4.78, 5) is 14.1. The van der Waals surface area contributed by atoms with Gasteiger partial charge < -0.3 is 9.64 Å². The Bertz CT molecular complexity index is 602. The smallest absolute Gasteiger partial charge is 0.227 e. The summed E-state index contributed by atoms with van der Waals surface area (Å²) in [6.45, 7) is 2.73. The summed E-state index contributed by atoms with van der Waals surface area (Å²) >= 11 is 0. The van der Waals surface area contributed by atoms with E-state index in [0.717, 1.165) is 23.3 Å². The Labute approximate surface area is 132 Å². The fraction of sp³-hybridized carbons (Fsp3) is 0.316. The molecule has 0 heterocycles. The molecule has 2 aromatic rings. The molecule has 0 bridgehead atoms. The molecule has 0 aliphatic rings. The van der Waals surface area contributed by atoms with E-state index >= 15 is 0 Å². The molecule has 3 nitrogen and oxygen atoms in total. The Morgan fingerprint density at radius 2 is 1.50 bits per heavy atom. The van der Waals surface area contributed by atoms with Crippen LogP contribution in [-0.4, -0.2) is 25.0 Å². The number of carbonyl (C=O) groups is 1. The summed E-state index contributed by atoms with van der Waals surface area (Å²) < 4.78 is 5.14. The monoisotopic (exact) mass is 297 g/mol. The molecule has 3 heteroatoms. The second-order valence-corrected chi connectivity index (χ2v) is 5.44. The van der Waals surface area contributed by atoms with Crippen LogP contribution in [0.25, 0.3) is 0 Å². The first kappa shape index (κ1) is 16.1. The van der Waals surface area contributed by atoms with E-state index in [1.54, 1.807) is 12.0 Å². The minimum atomic E-state index is 0.125. The van der Waals surface area contributed by atoms with Crippen LogP contribution < -0.4 is 4.74 Å². The van der Waals surface area contributed by atoms with Crippen LogP contribution in [0.15, 0.2) is 48.5 Å². The number of likely N-dealkylation sites (N-methyl/N-ethyl adjacent to an activating group) is 1. The van der Waals surface area contributed by atoms with Crippen molar-refractivity contribution in [3.05, 3.63) is 65.2 Å². The van der Waals surface area contributed by atoms with Crippen LogP contribution in [0.4, 0.5) is 0 Å². The maximum absolute atomic E-state index is 12.3. The normalized spacial score (nSPS) is 10.3. The number of hydrogen-bond acceptors (Lipinski definition) is 2. The highest BCUT2D eigenvalue weighted by Crippen LogP contribution is 2.13. The third kappa shape index (κ3) is 4.35. The largest absolute Gasteiger partial charge is 0.497 e. The molecule has 2 rings (SSSR count). The molecule has 0 saturated carbocycles. The van der Waals surface area contributed by atoms with Gasteiger partial charge in [0, 0.05) is 13.6 Å². The van der Waals surface area contributed by atoms with Crippen LogP contribution in [0.2, 0.25) is 0 Å². The lowest BCUT2D eigenvalue weighted by Gasteiger charge is -2.17. The maximum Gasteiger partial charge on any atom is 0.227 e. The van der Waals surface area contributed by atoms with Crippen molar-refractivity contribution in [2.24, 2.45) is 0 Å². The van der Waals surface area contributed by atoms with E-state index in [2.05, 4.69) is 19.1 Å². The third-order valence-electron chi connectivity index (χ3n) is 3.79. The Balaban J connectivity index is 1.92. The Kier molecular flexibility index (Phi) is 5.59. The minimum Gasteiger partial charge on any atom is -0.497 e. The maximum atomic E-state index is 12.3. The van der Waals surface area contributed by atoms with E-state index in [0.29, 0.717) is 13.0 Å². The summed E-state index contributed by atoms with van der Waals surface area (Å²) in [5.41, 5.74) is 3.45. The molecule has 0 aliphatic heterocycles. The van der Waals surface area contributed by atoms with Crippen molar-refractivity contribution in [1.29, 1.82) is 0 Å². The number of nitrogens with zero attached hydrogens (tertiary/aromatic N) is 1. The van der Waals surface area contributed by atoms with Crippen LogP contribution in [0.5, 0.6) is 5.75 Å². The summed E-state index contributed by atoms with van der Waals surface area (Å²) in [6, 6.07) is 16.1. The third-order valence-corrected chi connectivity index (χ3v) is 3.79. The average Bonchev–Trinajstić information content (AvgIpc) is 2.56.